The summed E-state index contributed by atoms with van der Waals surface area (Å²) in [6.07, 6.45) is -2.51. The third-order valence-corrected chi connectivity index (χ3v) is 5.11. The van der Waals surface area contributed by atoms with Gasteiger partial charge in [0.2, 0.25) is 5.91 Å². The molecule has 29 heavy (non-hydrogen) atoms. The Hall–Kier alpha value is -2.68. The van der Waals surface area contributed by atoms with E-state index in [1.807, 2.05) is 0 Å². The Morgan fingerprint density at radius 3 is 2.55 bits per heavy atom. The van der Waals surface area contributed by atoms with Crippen LogP contribution >= 0.6 is 11.8 Å². The number of benzene rings is 2. The molecule has 1 saturated carbocycles. The van der Waals surface area contributed by atoms with Crippen molar-refractivity contribution in [3.8, 4) is 5.75 Å². The first-order valence-electron chi connectivity index (χ1n) is 8.92. The van der Waals surface area contributed by atoms with Crippen molar-refractivity contribution in [2.24, 2.45) is 5.92 Å². The van der Waals surface area contributed by atoms with E-state index in [-0.39, 0.29) is 18.4 Å². The average molecular weight is 424 g/mol. The van der Waals surface area contributed by atoms with Crippen molar-refractivity contribution in [2.75, 3.05) is 23.0 Å². The van der Waals surface area contributed by atoms with Crippen molar-refractivity contribution in [3.63, 3.8) is 0 Å². The monoisotopic (exact) mass is 424 g/mol. The molecule has 2 aromatic carbocycles. The summed E-state index contributed by atoms with van der Waals surface area (Å²) in [6, 6.07) is 12.9. The first-order valence-corrected chi connectivity index (χ1v) is 9.91. The summed E-state index contributed by atoms with van der Waals surface area (Å²) in [7, 11) is 0. The predicted molar refractivity (Wildman–Crippen MR) is 105 cm³/mol. The maximum Gasteiger partial charge on any atom is 0.398 e. The van der Waals surface area contributed by atoms with E-state index in [2.05, 4.69) is 10.6 Å². The predicted octanol–water partition coefficient (Wildman–Crippen LogP) is 4.71. The lowest BCUT2D eigenvalue weighted by atomic mass is 10.3. The van der Waals surface area contributed by atoms with Crippen LogP contribution in [0.2, 0.25) is 0 Å². The molecule has 0 radical (unpaired) electrons. The van der Waals surface area contributed by atoms with E-state index in [0.717, 1.165) is 12.8 Å². The molecule has 9 heteroatoms. The lowest BCUT2D eigenvalue weighted by molar-refractivity contribution is -0.118. The van der Waals surface area contributed by atoms with Crippen molar-refractivity contribution in [1.82, 2.24) is 0 Å². The van der Waals surface area contributed by atoms with E-state index in [9.17, 15) is 22.8 Å². The second kappa shape index (κ2) is 9.21. The number of amides is 2. The topological polar surface area (TPSA) is 67.4 Å². The van der Waals surface area contributed by atoms with Crippen LogP contribution in [0.15, 0.2) is 53.4 Å². The SMILES string of the molecule is O=C(COc1cccc(NC(=O)C2CC2)c1)Nc1ccccc1SCC(F)(F)F. The molecule has 1 aliphatic rings. The highest BCUT2D eigenvalue weighted by Gasteiger charge is 2.29. The van der Waals surface area contributed by atoms with Crippen LogP contribution in [-0.2, 0) is 9.59 Å². The molecule has 2 amide bonds. The number of nitrogens with one attached hydrogen (secondary N) is 2. The molecule has 0 aromatic heterocycles. The van der Waals surface area contributed by atoms with Gasteiger partial charge in [0, 0.05) is 22.6 Å². The van der Waals surface area contributed by atoms with Crippen molar-refractivity contribution < 1.29 is 27.5 Å². The van der Waals surface area contributed by atoms with E-state index in [1.165, 1.54) is 12.1 Å². The van der Waals surface area contributed by atoms with E-state index < -0.39 is 17.8 Å². The van der Waals surface area contributed by atoms with Gasteiger partial charge in [0.15, 0.2) is 6.61 Å². The number of ether oxygens (including phenoxy) is 1. The number of halogens is 3. The lowest BCUT2D eigenvalue weighted by Crippen LogP contribution is -2.21. The number of carbonyl (C=O) groups is 2. The van der Waals surface area contributed by atoms with Crippen molar-refractivity contribution >= 4 is 35.0 Å². The van der Waals surface area contributed by atoms with Gasteiger partial charge in [-0.1, -0.05) is 18.2 Å². The first-order chi connectivity index (χ1) is 13.8. The lowest BCUT2D eigenvalue weighted by Gasteiger charge is -2.13. The number of rotatable bonds is 8. The Labute approximate surface area is 170 Å². The summed E-state index contributed by atoms with van der Waals surface area (Å²) in [5.41, 5.74) is 0.870. The standard InChI is InChI=1S/C20H19F3N2O3S/c21-20(22,23)12-29-17-7-2-1-6-16(17)25-18(26)11-28-15-5-3-4-14(10-15)24-19(27)13-8-9-13/h1-7,10,13H,8-9,11-12H2,(H,24,27)(H,25,26). The summed E-state index contributed by atoms with van der Waals surface area (Å²) in [4.78, 5) is 24.3. The Kier molecular flexibility index (Phi) is 6.68. The fraction of sp³-hybridized carbons (Fsp3) is 0.300. The van der Waals surface area contributed by atoms with Gasteiger partial charge in [-0.15, -0.1) is 11.8 Å². The molecular formula is C20H19F3N2O3S. The van der Waals surface area contributed by atoms with Gasteiger partial charge in [-0.05, 0) is 37.1 Å². The van der Waals surface area contributed by atoms with Crippen LogP contribution < -0.4 is 15.4 Å². The molecule has 0 unspecified atom stereocenters. The maximum absolute atomic E-state index is 12.4. The van der Waals surface area contributed by atoms with Crippen LogP contribution in [0.3, 0.4) is 0 Å². The molecular weight excluding hydrogens is 405 g/mol. The molecule has 0 saturated heterocycles. The minimum absolute atomic E-state index is 0.0344. The zero-order chi connectivity index (χ0) is 20.9. The van der Waals surface area contributed by atoms with Crippen LogP contribution in [0.1, 0.15) is 12.8 Å². The summed E-state index contributed by atoms with van der Waals surface area (Å²) >= 11 is 0.605. The fourth-order valence-electron chi connectivity index (χ4n) is 2.44. The number of para-hydroxylation sites is 1. The molecule has 5 nitrogen and oxygen atoms in total. The minimum Gasteiger partial charge on any atom is -0.484 e. The normalized spacial score (nSPS) is 13.6. The molecule has 1 fully saturated rings. The van der Waals surface area contributed by atoms with Gasteiger partial charge in [-0.2, -0.15) is 13.2 Å². The second-order valence-electron chi connectivity index (χ2n) is 6.53. The highest BCUT2D eigenvalue weighted by atomic mass is 32.2. The number of thioether (sulfide) groups is 1. The number of anilines is 2. The molecule has 154 valence electrons. The van der Waals surface area contributed by atoms with Gasteiger partial charge >= 0.3 is 6.18 Å². The smallest absolute Gasteiger partial charge is 0.398 e. The molecule has 1 aliphatic carbocycles. The van der Waals surface area contributed by atoms with Crippen molar-refractivity contribution in [3.05, 3.63) is 48.5 Å². The second-order valence-corrected chi connectivity index (χ2v) is 7.55. The van der Waals surface area contributed by atoms with Crippen molar-refractivity contribution in [2.45, 2.75) is 23.9 Å². The summed E-state index contributed by atoms with van der Waals surface area (Å²) < 4.78 is 42.8. The number of alkyl halides is 3. The summed E-state index contributed by atoms with van der Waals surface area (Å²) in [5, 5.41) is 5.36. The Morgan fingerprint density at radius 1 is 1.07 bits per heavy atom. The molecule has 0 heterocycles. The van der Waals surface area contributed by atoms with Crippen LogP contribution in [0.4, 0.5) is 24.5 Å². The average Bonchev–Trinajstić information content (AvgIpc) is 3.51. The van der Waals surface area contributed by atoms with Gasteiger partial charge in [0.25, 0.3) is 5.91 Å². The molecule has 2 N–H and O–H groups in total. The maximum atomic E-state index is 12.4. The third kappa shape index (κ3) is 7.01. The molecule has 0 atom stereocenters. The molecule has 3 rings (SSSR count). The zero-order valence-electron chi connectivity index (χ0n) is 15.3. The summed E-state index contributed by atoms with van der Waals surface area (Å²) in [6.45, 7) is -0.321. The van der Waals surface area contributed by atoms with Gasteiger partial charge in [-0.25, -0.2) is 0 Å². The number of hydrogen-bond donors (Lipinski definition) is 2. The molecule has 0 spiro atoms. The molecule has 0 aliphatic heterocycles. The van der Waals surface area contributed by atoms with Crippen LogP contribution in [0, 0.1) is 5.92 Å². The largest absolute Gasteiger partial charge is 0.484 e. The number of carbonyl (C=O) groups excluding carboxylic acids is 2. The zero-order valence-corrected chi connectivity index (χ0v) is 16.1. The van der Waals surface area contributed by atoms with E-state index in [4.69, 9.17) is 4.74 Å². The van der Waals surface area contributed by atoms with E-state index >= 15 is 0 Å². The fourth-order valence-corrected chi connectivity index (χ4v) is 3.21. The van der Waals surface area contributed by atoms with Crippen molar-refractivity contribution in [1.29, 1.82) is 0 Å². The third-order valence-electron chi connectivity index (χ3n) is 3.97. The Balaban J connectivity index is 1.53. The molecule has 0 bridgehead atoms. The number of hydrogen-bond acceptors (Lipinski definition) is 4. The quantitative estimate of drug-likeness (QED) is 0.603. The minimum atomic E-state index is -4.30. The highest BCUT2D eigenvalue weighted by molar-refractivity contribution is 7.99. The van der Waals surface area contributed by atoms with Gasteiger partial charge in [0.05, 0.1) is 11.4 Å². The van der Waals surface area contributed by atoms with Gasteiger partial charge in [0.1, 0.15) is 5.75 Å². The Bertz CT molecular complexity index is 885. The molecule has 2 aromatic rings. The Morgan fingerprint density at radius 2 is 1.83 bits per heavy atom. The summed E-state index contributed by atoms with van der Waals surface area (Å²) in [5.74, 6) is -1.12. The van der Waals surface area contributed by atoms with Crippen LogP contribution in [0.25, 0.3) is 0 Å². The van der Waals surface area contributed by atoms with Gasteiger partial charge in [-0.3, -0.25) is 9.59 Å². The van der Waals surface area contributed by atoms with Gasteiger partial charge < -0.3 is 15.4 Å². The first kappa shape index (κ1) is 21.0. The van der Waals surface area contributed by atoms with Crippen LogP contribution in [-0.4, -0.2) is 30.4 Å². The van der Waals surface area contributed by atoms with E-state index in [0.29, 0.717) is 33.8 Å². The van der Waals surface area contributed by atoms with Crippen LogP contribution in [0.5, 0.6) is 5.75 Å². The highest BCUT2D eigenvalue weighted by Crippen LogP contribution is 2.32. The van der Waals surface area contributed by atoms with E-state index in [1.54, 1.807) is 36.4 Å².